The zero-order chi connectivity index (χ0) is 17.1. The minimum atomic E-state index is 0.320. The van der Waals surface area contributed by atoms with Gasteiger partial charge < -0.3 is 10.1 Å². The van der Waals surface area contributed by atoms with E-state index in [1.165, 1.54) is 53.8 Å². The molecular formula is C21H24N2OS. The number of rotatable bonds is 6. The summed E-state index contributed by atoms with van der Waals surface area (Å²) in [6.07, 6.45) is 9.18. The van der Waals surface area contributed by atoms with Gasteiger partial charge in [0.25, 0.3) is 0 Å². The average Bonchev–Trinajstić information content (AvgIpc) is 3.29. The molecule has 3 aromatic rings. The molecule has 4 rings (SSSR count). The monoisotopic (exact) mass is 352 g/mol. The van der Waals surface area contributed by atoms with E-state index < -0.39 is 0 Å². The number of unbranched alkanes of at least 4 members (excludes halogenated alkanes) is 1. The Kier molecular flexibility index (Phi) is 4.90. The Labute approximate surface area is 152 Å². The summed E-state index contributed by atoms with van der Waals surface area (Å²) in [5.41, 5.74) is 3.90. The van der Waals surface area contributed by atoms with Crippen molar-refractivity contribution >= 4 is 27.8 Å². The maximum absolute atomic E-state index is 9.55. The van der Waals surface area contributed by atoms with Gasteiger partial charge in [-0.3, -0.25) is 4.90 Å². The Morgan fingerprint density at radius 2 is 2.16 bits per heavy atom. The maximum Gasteiger partial charge on any atom is 0.117 e. The molecule has 0 spiro atoms. The van der Waals surface area contributed by atoms with Gasteiger partial charge >= 0.3 is 0 Å². The van der Waals surface area contributed by atoms with Crippen LogP contribution in [-0.4, -0.2) is 34.6 Å². The van der Waals surface area contributed by atoms with Crippen LogP contribution in [0.25, 0.3) is 16.5 Å². The smallest absolute Gasteiger partial charge is 0.117 e. The highest BCUT2D eigenvalue weighted by Crippen LogP contribution is 2.26. The highest BCUT2D eigenvalue weighted by molar-refractivity contribution is 7.11. The zero-order valence-corrected chi connectivity index (χ0v) is 15.2. The van der Waals surface area contributed by atoms with E-state index in [9.17, 15) is 5.11 Å². The molecule has 1 aliphatic rings. The number of nitrogens with one attached hydrogen (secondary N) is 1. The largest absolute Gasteiger partial charge is 0.508 e. The highest BCUT2D eigenvalue weighted by atomic mass is 32.1. The number of nitrogens with zero attached hydrogens (tertiary/aromatic N) is 1. The maximum atomic E-state index is 9.55. The van der Waals surface area contributed by atoms with Crippen LogP contribution in [0.15, 0.2) is 48.0 Å². The molecule has 3 nitrogen and oxygen atoms in total. The number of aromatic nitrogens is 1. The van der Waals surface area contributed by atoms with Gasteiger partial charge in [-0.1, -0.05) is 12.1 Å². The molecular weight excluding hydrogens is 328 g/mol. The van der Waals surface area contributed by atoms with Crippen molar-refractivity contribution in [3.05, 3.63) is 58.4 Å². The topological polar surface area (TPSA) is 39.3 Å². The first-order valence-corrected chi connectivity index (χ1v) is 9.92. The summed E-state index contributed by atoms with van der Waals surface area (Å²) in [7, 11) is 0. The number of aryl methyl sites for hydroxylation is 1. The van der Waals surface area contributed by atoms with E-state index in [0.29, 0.717) is 5.75 Å². The number of phenolic OH excluding ortho intramolecular Hbond substituents is 1. The third kappa shape index (κ3) is 3.80. The second-order valence-corrected chi connectivity index (χ2v) is 7.71. The molecule has 0 unspecified atom stereocenters. The van der Waals surface area contributed by atoms with Gasteiger partial charge in [0, 0.05) is 41.1 Å². The molecule has 130 valence electrons. The van der Waals surface area contributed by atoms with E-state index in [2.05, 4.69) is 39.7 Å². The minimum Gasteiger partial charge on any atom is -0.508 e. The summed E-state index contributed by atoms with van der Waals surface area (Å²) < 4.78 is 0. The molecule has 0 fully saturated rings. The quantitative estimate of drug-likeness (QED) is 0.610. The normalized spacial score (nSPS) is 15.6. The van der Waals surface area contributed by atoms with Crippen LogP contribution in [0.2, 0.25) is 0 Å². The number of hydrogen-bond acceptors (Lipinski definition) is 3. The molecule has 1 aromatic carbocycles. The number of hydrogen-bond donors (Lipinski definition) is 2. The van der Waals surface area contributed by atoms with E-state index in [4.69, 9.17) is 0 Å². The number of aromatic hydroxyl groups is 1. The SMILES string of the molecule is Oc1ccc2c(CCCCN3CC=C(c4cccs4)CC3)c[nH]c2c1. The van der Waals surface area contributed by atoms with Crippen molar-refractivity contribution < 1.29 is 5.11 Å². The molecule has 0 radical (unpaired) electrons. The molecule has 0 atom stereocenters. The Bertz CT molecular complexity index is 863. The van der Waals surface area contributed by atoms with Gasteiger partial charge in [0.1, 0.15) is 5.75 Å². The predicted octanol–water partition coefficient (Wildman–Crippen LogP) is 5.05. The fourth-order valence-electron chi connectivity index (χ4n) is 3.63. The first-order valence-electron chi connectivity index (χ1n) is 9.04. The molecule has 2 aromatic heterocycles. The van der Waals surface area contributed by atoms with Crippen LogP contribution in [0.1, 0.15) is 29.7 Å². The number of H-pyrrole nitrogens is 1. The molecule has 0 saturated carbocycles. The average molecular weight is 353 g/mol. The Morgan fingerprint density at radius 1 is 1.20 bits per heavy atom. The first kappa shape index (κ1) is 16.4. The third-order valence-corrected chi connectivity index (χ3v) is 6.00. The fourth-order valence-corrected chi connectivity index (χ4v) is 4.43. The summed E-state index contributed by atoms with van der Waals surface area (Å²) in [4.78, 5) is 7.26. The Balaban J connectivity index is 1.25. The minimum absolute atomic E-state index is 0.320. The lowest BCUT2D eigenvalue weighted by atomic mass is 10.0. The third-order valence-electron chi connectivity index (χ3n) is 5.05. The fraction of sp³-hybridized carbons (Fsp3) is 0.333. The molecule has 25 heavy (non-hydrogen) atoms. The van der Waals surface area contributed by atoms with E-state index in [-0.39, 0.29) is 0 Å². The summed E-state index contributed by atoms with van der Waals surface area (Å²) in [5.74, 6) is 0.320. The number of thiophene rings is 1. The number of fused-ring (bicyclic) bond motifs is 1. The van der Waals surface area contributed by atoms with Crippen LogP contribution in [0.4, 0.5) is 0 Å². The van der Waals surface area contributed by atoms with Crippen LogP contribution in [0.5, 0.6) is 5.75 Å². The summed E-state index contributed by atoms with van der Waals surface area (Å²) >= 11 is 1.85. The molecule has 2 N–H and O–H groups in total. The highest BCUT2D eigenvalue weighted by Gasteiger charge is 2.13. The predicted molar refractivity (Wildman–Crippen MR) is 106 cm³/mol. The van der Waals surface area contributed by atoms with Crippen LogP contribution in [-0.2, 0) is 6.42 Å². The van der Waals surface area contributed by atoms with Crippen LogP contribution in [0, 0.1) is 0 Å². The molecule has 1 aliphatic heterocycles. The van der Waals surface area contributed by atoms with Crippen molar-refractivity contribution in [3.8, 4) is 5.75 Å². The van der Waals surface area contributed by atoms with Gasteiger partial charge in [0.2, 0.25) is 0 Å². The van der Waals surface area contributed by atoms with Crippen molar-refractivity contribution in [2.75, 3.05) is 19.6 Å². The van der Waals surface area contributed by atoms with Crippen molar-refractivity contribution in [2.24, 2.45) is 0 Å². The molecule has 0 saturated heterocycles. The van der Waals surface area contributed by atoms with Gasteiger partial charge in [0.05, 0.1) is 0 Å². The lowest BCUT2D eigenvalue weighted by molar-refractivity contribution is 0.295. The van der Waals surface area contributed by atoms with Crippen molar-refractivity contribution in [1.82, 2.24) is 9.88 Å². The Hall–Kier alpha value is -2.04. The second kappa shape index (κ2) is 7.46. The molecule has 0 aliphatic carbocycles. The number of benzene rings is 1. The van der Waals surface area contributed by atoms with E-state index in [1.807, 2.05) is 17.4 Å². The van der Waals surface area contributed by atoms with Crippen molar-refractivity contribution in [3.63, 3.8) is 0 Å². The second-order valence-electron chi connectivity index (χ2n) is 6.76. The summed E-state index contributed by atoms with van der Waals surface area (Å²) in [5, 5.41) is 12.9. The van der Waals surface area contributed by atoms with Crippen LogP contribution in [0.3, 0.4) is 0 Å². The number of aromatic amines is 1. The van der Waals surface area contributed by atoms with Gasteiger partial charge in [0.15, 0.2) is 0 Å². The zero-order valence-electron chi connectivity index (χ0n) is 14.4. The lowest BCUT2D eigenvalue weighted by Crippen LogP contribution is -2.29. The number of phenols is 1. The van der Waals surface area contributed by atoms with E-state index in [0.717, 1.165) is 18.5 Å². The van der Waals surface area contributed by atoms with Gasteiger partial charge in [-0.05, 0) is 66.9 Å². The molecule has 4 heteroatoms. The first-order chi connectivity index (χ1) is 12.3. The molecule has 0 bridgehead atoms. The lowest BCUT2D eigenvalue weighted by Gasteiger charge is -2.25. The van der Waals surface area contributed by atoms with Gasteiger partial charge in [-0.2, -0.15) is 0 Å². The van der Waals surface area contributed by atoms with E-state index in [1.54, 1.807) is 12.1 Å². The van der Waals surface area contributed by atoms with Crippen LogP contribution < -0.4 is 0 Å². The van der Waals surface area contributed by atoms with Crippen LogP contribution >= 0.6 is 11.3 Å². The van der Waals surface area contributed by atoms with Gasteiger partial charge in [-0.15, -0.1) is 11.3 Å². The standard InChI is InChI=1S/C21H24N2OS/c24-18-6-7-19-17(15-22-20(19)14-18)4-1-2-10-23-11-8-16(9-12-23)21-5-3-13-25-21/h3,5-8,13-15,22,24H,1-2,4,9-12H2. The molecule has 3 heterocycles. The van der Waals surface area contributed by atoms with Gasteiger partial charge in [-0.25, -0.2) is 0 Å². The molecule has 0 amide bonds. The summed E-state index contributed by atoms with van der Waals surface area (Å²) in [6, 6.07) is 9.94. The van der Waals surface area contributed by atoms with Crippen molar-refractivity contribution in [2.45, 2.75) is 25.7 Å². The van der Waals surface area contributed by atoms with Crippen molar-refractivity contribution in [1.29, 1.82) is 0 Å². The Morgan fingerprint density at radius 3 is 2.96 bits per heavy atom. The van der Waals surface area contributed by atoms with E-state index >= 15 is 0 Å². The summed E-state index contributed by atoms with van der Waals surface area (Å²) in [6.45, 7) is 3.44.